The van der Waals surface area contributed by atoms with Gasteiger partial charge < -0.3 is 10.6 Å². The highest BCUT2D eigenvalue weighted by Crippen LogP contribution is 2.02. The molecule has 0 atom stereocenters. The molecule has 0 aliphatic carbocycles. The van der Waals surface area contributed by atoms with E-state index in [-0.39, 0.29) is 11.7 Å². The molecule has 0 saturated heterocycles. The van der Waals surface area contributed by atoms with Crippen molar-refractivity contribution in [2.75, 3.05) is 13.1 Å². The van der Waals surface area contributed by atoms with Gasteiger partial charge in [-0.15, -0.1) is 0 Å². The van der Waals surface area contributed by atoms with E-state index >= 15 is 0 Å². The second-order valence-electron chi connectivity index (χ2n) is 5.14. The Morgan fingerprint density at radius 2 is 1.64 bits per heavy atom. The zero-order valence-corrected chi connectivity index (χ0v) is 12.5. The van der Waals surface area contributed by atoms with E-state index in [1.165, 1.54) is 12.1 Å². The Balaban J connectivity index is 1.54. The minimum absolute atomic E-state index is 0.0399. The third-order valence-corrected chi connectivity index (χ3v) is 3.37. The molecule has 1 amide bonds. The molecule has 0 aromatic heterocycles. The smallest absolute Gasteiger partial charge is 0.221 e. The summed E-state index contributed by atoms with van der Waals surface area (Å²) < 4.78 is 12.8. The summed E-state index contributed by atoms with van der Waals surface area (Å²) in [5.41, 5.74) is 2.18. The molecule has 0 spiro atoms. The maximum atomic E-state index is 12.8. The molecular weight excluding hydrogens is 279 g/mol. The molecule has 22 heavy (non-hydrogen) atoms. The summed E-state index contributed by atoms with van der Waals surface area (Å²) in [5, 5.41) is 6.12. The van der Waals surface area contributed by atoms with Crippen molar-refractivity contribution in [2.45, 2.75) is 19.4 Å². The zero-order valence-electron chi connectivity index (χ0n) is 12.5. The first-order valence-electron chi connectivity index (χ1n) is 7.50. The van der Waals surface area contributed by atoms with E-state index in [1.807, 2.05) is 30.3 Å². The number of benzene rings is 2. The van der Waals surface area contributed by atoms with Crippen LogP contribution in [0.1, 0.15) is 17.5 Å². The van der Waals surface area contributed by atoms with Gasteiger partial charge in [-0.2, -0.15) is 0 Å². The Morgan fingerprint density at radius 1 is 0.909 bits per heavy atom. The molecule has 2 N–H and O–H groups in total. The highest BCUT2D eigenvalue weighted by molar-refractivity contribution is 5.76. The minimum atomic E-state index is -0.216. The Bertz CT molecular complexity index is 569. The molecule has 0 radical (unpaired) electrons. The standard InChI is InChI=1S/C18H21FN2O/c19-17-8-6-15(7-9-17)10-12-20-13-11-18(22)21-14-16-4-2-1-3-5-16/h1-9,20H,10-14H2,(H,21,22). The van der Waals surface area contributed by atoms with Crippen molar-refractivity contribution >= 4 is 5.91 Å². The number of hydrogen-bond donors (Lipinski definition) is 2. The van der Waals surface area contributed by atoms with Gasteiger partial charge in [-0.25, -0.2) is 4.39 Å². The number of nitrogens with one attached hydrogen (secondary N) is 2. The van der Waals surface area contributed by atoms with Gasteiger partial charge in [-0.1, -0.05) is 42.5 Å². The van der Waals surface area contributed by atoms with Crippen LogP contribution >= 0.6 is 0 Å². The molecule has 2 aromatic carbocycles. The van der Waals surface area contributed by atoms with E-state index in [1.54, 1.807) is 12.1 Å². The largest absolute Gasteiger partial charge is 0.352 e. The number of halogens is 1. The molecule has 0 unspecified atom stereocenters. The van der Waals surface area contributed by atoms with Crippen LogP contribution in [-0.2, 0) is 17.8 Å². The first-order valence-corrected chi connectivity index (χ1v) is 7.50. The maximum Gasteiger partial charge on any atom is 0.221 e. The average Bonchev–Trinajstić information content (AvgIpc) is 2.55. The highest BCUT2D eigenvalue weighted by atomic mass is 19.1. The van der Waals surface area contributed by atoms with Gasteiger partial charge in [0, 0.05) is 19.5 Å². The molecule has 116 valence electrons. The van der Waals surface area contributed by atoms with Gasteiger partial charge in [0.15, 0.2) is 0 Å². The van der Waals surface area contributed by atoms with Crippen LogP contribution in [0.2, 0.25) is 0 Å². The lowest BCUT2D eigenvalue weighted by Gasteiger charge is -2.07. The van der Waals surface area contributed by atoms with Gasteiger partial charge in [-0.05, 0) is 36.2 Å². The van der Waals surface area contributed by atoms with Crippen molar-refractivity contribution in [1.29, 1.82) is 0 Å². The molecule has 4 heteroatoms. The lowest BCUT2D eigenvalue weighted by Crippen LogP contribution is -2.28. The van der Waals surface area contributed by atoms with E-state index in [0.717, 1.165) is 24.1 Å². The molecule has 0 bridgehead atoms. The normalized spacial score (nSPS) is 10.4. The third kappa shape index (κ3) is 6.06. The molecular formula is C18H21FN2O. The van der Waals surface area contributed by atoms with E-state index in [9.17, 15) is 9.18 Å². The van der Waals surface area contributed by atoms with Crippen molar-refractivity contribution in [1.82, 2.24) is 10.6 Å². The van der Waals surface area contributed by atoms with Crippen LogP contribution in [-0.4, -0.2) is 19.0 Å². The van der Waals surface area contributed by atoms with E-state index in [0.29, 0.717) is 19.5 Å². The number of hydrogen-bond acceptors (Lipinski definition) is 2. The first kappa shape index (κ1) is 16.2. The fraction of sp³-hybridized carbons (Fsp3) is 0.278. The van der Waals surface area contributed by atoms with Crippen molar-refractivity contribution in [3.63, 3.8) is 0 Å². The second-order valence-corrected chi connectivity index (χ2v) is 5.14. The molecule has 2 rings (SSSR count). The Labute approximate surface area is 130 Å². The minimum Gasteiger partial charge on any atom is -0.352 e. The van der Waals surface area contributed by atoms with E-state index < -0.39 is 0 Å². The number of carbonyl (C=O) groups excluding carboxylic acids is 1. The maximum absolute atomic E-state index is 12.8. The molecule has 0 aliphatic heterocycles. The zero-order chi connectivity index (χ0) is 15.6. The topological polar surface area (TPSA) is 41.1 Å². The summed E-state index contributed by atoms with van der Waals surface area (Å²) in [5.74, 6) is -0.176. The second kappa shape index (κ2) is 8.95. The highest BCUT2D eigenvalue weighted by Gasteiger charge is 2.01. The molecule has 0 fully saturated rings. The van der Waals surface area contributed by atoms with Gasteiger partial charge in [-0.3, -0.25) is 4.79 Å². The number of amides is 1. The van der Waals surface area contributed by atoms with Crippen molar-refractivity contribution in [3.8, 4) is 0 Å². The predicted octanol–water partition coefficient (Wildman–Crippen LogP) is 2.66. The van der Waals surface area contributed by atoms with Crippen LogP contribution in [0.3, 0.4) is 0 Å². The summed E-state index contributed by atoms with van der Waals surface area (Å²) in [4.78, 5) is 11.7. The molecule has 2 aromatic rings. The Kier molecular flexibility index (Phi) is 6.58. The molecule has 0 saturated carbocycles. The van der Waals surface area contributed by atoms with Crippen molar-refractivity contribution < 1.29 is 9.18 Å². The third-order valence-electron chi connectivity index (χ3n) is 3.37. The number of rotatable bonds is 8. The van der Waals surface area contributed by atoms with Gasteiger partial charge >= 0.3 is 0 Å². The van der Waals surface area contributed by atoms with Gasteiger partial charge in [0.25, 0.3) is 0 Å². The summed E-state index contributed by atoms with van der Waals surface area (Å²) >= 11 is 0. The lowest BCUT2D eigenvalue weighted by atomic mass is 10.1. The quantitative estimate of drug-likeness (QED) is 0.736. The SMILES string of the molecule is O=C(CCNCCc1ccc(F)cc1)NCc1ccccc1. The van der Waals surface area contributed by atoms with Gasteiger partial charge in [0.1, 0.15) is 5.82 Å². The van der Waals surface area contributed by atoms with E-state index in [4.69, 9.17) is 0 Å². The first-order chi connectivity index (χ1) is 10.7. The number of carbonyl (C=O) groups is 1. The van der Waals surface area contributed by atoms with Crippen LogP contribution in [0, 0.1) is 5.82 Å². The summed E-state index contributed by atoms with van der Waals surface area (Å²) in [6.07, 6.45) is 1.28. The van der Waals surface area contributed by atoms with Crippen LogP contribution in [0.25, 0.3) is 0 Å². The Morgan fingerprint density at radius 3 is 2.36 bits per heavy atom. The predicted molar refractivity (Wildman–Crippen MR) is 85.9 cm³/mol. The van der Waals surface area contributed by atoms with Crippen LogP contribution in [0.15, 0.2) is 54.6 Å². The molecule has 3 nitrogen and oxygen atoms in total. The van der Waals surface area contributed by atoms with Crippen molar-refractivity contribution in [3.05, 3.63) is 71.5 Å². The van der Waals surface area contributed by atoms with Gasteiger partial charge in [0.05, 0.1) is 0 Å². The van der Waals surface area contributed by atoms with Crippen LogP contribution in [0.5, 0.6) is 0 Å². The summed E-state index contributed by atoms with van der Waals surface area (Å²) in [6.45, 7) is 1.98. The fourth-order valence-electron chi connectivity index (χ4n) is 2.10. The fourth-order valence-corrected chi connectivity index (χ4v) is 2.10. The summed E-state index contributed by atoms with van der Waals surface area (Å²) in [6, 6.07) is 16.3. The van der Waals surface area contributed by atoms with E-state index in [2.05, 4.69) is 10.6 Å². The van der Waals surface area contributed by atoms with Crippen LogP contribution < -0.4 is 10.6 Å². The Hall–Kier alpha value is -2.20. The van der Waals surface area contributed by atoms with Crippen molar-refractivity contribution in [2.24, 2.45) is 0 Å². The summed E-state index contributed by atoms with van der Waals surface area (Å²) in [7, 11) is 0. The lowest BCUT2D eigenvalue weighted by molar-refractivity contribution is -0.121. The van der Waals surface area contributed by atoms with Crippen LogP contribution in [0.4, 0.5) is 4.39 Å². The van der Waals surface area contributed by atoms with Gasteiger partial charge in [0.2, 0.25) is 5.91 Å². The molecule has 0 aliphatic rings. The average molecular weight is 300 g/mol. The monoisotopic (exact) mass is 300 g/mol. The molecule has 0 heterocycles.